The standard InChI is InChI=1S/AsH3.H2O4S/c;1-5(2,3)4/h1H3;(H2,1,2,3,4). The van der Waals surface area contributed by atoms with Gasteiger partial charge in [-0.15, -0.1) is 0 Å². The van der Waals surface area contributed by atoms with Crippen molar-refractivity contribution in [3.05, 3.63) is 0 Å². The minimum atomic E-state index is -4.67. The van der Waals surface area contributed by atoms with E-state index in [0.717, 1.165) is 0 Å². The zero-order chi connectivity index (χ0) is 4.50. The van der Waals surface area contributed by atoms with Crippen molar-refractivity contribution in [2.45, 2.75) is 0 Å². The van der Waals surface area contributed by atoms with Gasteiger partial charge in [-0.05, 0) is 0 Å². The summed E-state index contributed by atoms with van der Waals surface area (Å²) in [4.78, 5) is 0. The summed E-state index contributed by atoms with van der Waals surface area (Å²) in [6, 6.07) is 0. The van der Waals surface area contributed by atoms with Crippen molar-refractivity contribution in [3.8, 4) is 0 Å². The van der Waals surface area contributed by atoms with Gasteiger partial charge in [0.1, 0.15) is 0 Å². The van der Waals surface area contributed by atoms with E-state index in [1.165, 1.54) is 0 Å². The molecule has 0 heterocycles. The van der Waals surface area contributed by atoms with Crippen molar-refractivity contribution in [2.24, 2.45) is 0 Å². The van der Waals surface area contributed by atoms with Crippen LogP contribution in [0.4, 0.5) is 0 Å². The van der Waals surface area contributed by atoms with Crippen molar-refractivity contribution in [2.75, 3.05) is 0 Å². The van der Waals surface area contributed by atoms with Crippen LogP contribution in [0.1, 0.15) is 0 Å². The molecule has 4 nitrogen and oxygen atoms in total. The summed E-state index contributed by atoms with van der Waals surface area (Å²) in [6.07, 6.45) is 0. The third-order valence-corrected chi connectivity index (χ3v) is 0. The Kier molecular flexibility index (Phi) is 4.15. The van der Waals surface area contributed by atoms with E-state index in [4.69, 9.17) is 17.5 Å². The first-order chi connectivity index (χ1) is 2.00. The molecular weight excluding hydrogens is 171 g/mol. The Labute approximate surface area is 46.4 Å². The Bertz CT molecular complexity index is 90.7. The normalized spacial score (nSPS) is 9.67. The summed E-state index contributed by atoms with van der Waals surface area (Å²) in [5.74, 6) is 0. The van der Waals surface area contributed by atoms with Crippen molar-refractivity contribution in [1.29, 1.82) is 0 Å². The van der Waals surface area contributed by atoms with Crippen molar-refractivity contribution < 1.29 is 17.5 Å². The van der Waals surface area contributed by atoms with Crippen molar-refractivity contribution >= 4 is 28.4 Å². The second-order valence-electron chi connectivity index (χ2n) is 0.448. The van der Waals surface area contributed by atoms with Crippen LogP contribution < -0.4 is 0 Å². The maximum atomic E-state index is 8.74. The van der Waals surface area contributed by atoms with E-state index in [2.05, 4.69) is 0 Å². The van der Waals surface area contributed by atoms with Gasteiger partial charge in [0.15, 0.2) is 0 Å². The number of hydrogen-bond acceptors (Lipinski definition) is 2. The van der Waals surface area contributed by atoms with Gasteiger partial charge in [-0.25, -0.2) is 0 Å². The van der Waals surface area contributed by atoms with Crippen LogP contribution in [0.5, 0.6) is 0 Å². The van der Waals surface area contributed by atoms with Gasteiger partial charge >= 0.3 is 28.4 Å². The van der Waals surface area contributed by atoms with Crippen molar-refractivity contribution in [3.63, 3.8) is 0 Å². The molecule has 0 aromatic heterocycles. The second kappa shape index (κ2) is 2.58. The average molecular weight is 176 g/mol. The molecule has 6 heteroatoms. The van der Waals surface area contributed by atoms with Gasteiger partial charge in [0.25, 0.3) is 0 Å². The van der Waals surface area contributed by atoms with Gasteiger partial charge in [0.2, 0.25) is 0 Å². The fourth-order valence-corrected chi connectivity index (χ4v) is 0. The van der Waals surface area contributed by atoms with E-state index < -0.39 is 10.4 Å². The summed E-state index contributed by atoms with van der Waals surface area (Å²) in [5.41, 5.74) is 0. The molecule has 40 valence electrons. The Balaban J connectivity index is 0. The number of rotatable bonds is 0. The van der Waals surface area contributed by atoms with E-state index in [9.17, 15) is 0 Å². The predicted octanol–water partition coefficient (Wildman–Crippen LogP) is -1.84. The molecular formula is H5AsO4S. The van der Waals surface area contributed by atoms with Crippen LogP contribution in [0.15, 0.2) is 0 Å². The molecule has 0 aliphatic heterocycles. The van der Waals surface area contributed by atoms with E-state index >= 15 is 0 Å². The van der Waals surface area contributed by atoms with Gasteiger partial charge in [-0.2, -0.15) is 8.42 Å². The molecule has 0 aliphatic rings. The molecule has 6 heavy (non-hydrogen) atoms. The molecule has 0 spiro atoms. The van der Waals surface area contributed by atoms with Crippen LogP contribution in [0.2, 0.25) is 0 Å². The third-order valence-electron chi connectivity index (χ3n) is 0. The topological polar surface area (TPSA) is 74.6 Å². The minimum absolute atomic E-state index is 0. The molecule has 0 saturated carbocycles. The maximum absolute atomic E-state index is 8.74. The van der Waals surface area contributed by atoms with Crippen LogP contribution in [0.25, 0.3) is 0 Å². The summed E-state index contributed by atoms with van der Waals surface area (Å²) in [7, 11) is -4.67. The van der Waals surface area contributed by atoms with Gasteiger partial charge in [-0.3, -0.25) is 9.11 Å². The molecule has 0 radical (unpaired) electrons. The molecule has 0 rings (SSSR count). The zero-order valence-corrected chi connectivity index (χ0v) is 6.61. The molecule has 1 atom stereocenters. The summed E-state index contributed by atoms with van der Waals surface area (Å²) in [5, 5.41) is 0. The molecule has 0 aromatic carbocycles. The Morgan fingerprint density at radius 2 is 1.17 bits per heavy atom. The molecule has 0 amide bonds. The predicted molar refractivity (Wildman–Crippen MR) is 24.1 cm³/mol. The van der Waals surface area contributed by atoms with Gasteiger partial charge in [-0.1, -0.05) is 0 Å². The van der Waals surface area contributed by atoms with Crippen LogP contribution >= 0.6 is 0 Å². The molecule has 0 saturated heterocycles. The SMILES string of the molecule is O=S(=O)(O)O.[AsH3]. The fraction of sp³-hybridized carbons (Fsp3) is 0. The van der Waals surface area contributed by atoms with Gasteiger partial charge in [0.05, 0.1) is 0 Å². The van der Waals surface area contributed by atoms with Crippen molar-refractivity contribution in [1.82, 2.24) is 0 Å². The molecule has 0 aliphatic carbocycles. The van der Waals surface area contributed by atoms with E-state index in [1.807, 2.05) is 0 Å². The first-order valence-electron chi connectivity index (χ1n) is 0.698. The Morgan fingerprint density at radius 1 is 1.17 bits per heavy atom. The Hall–Kier alpha value is 0.428. The van der Waals surface area contributed by atoms with Crippen LogP contribution in [0, 0.1) is 0 Å². The fourth-order valence-electron chi connectivity index (χ4n) is 0. The first-order valence-corrected chi connectivity index (χ1v) is 2.10. The summed E-state index contributed by atoms with van der Waals surface area (Å²) >= 11 is 0. The van der Waals surface area contributed by atoms with Crippen LogP contribution in [0.3, 0.4) is 0 Å². The molecule has 0 fully saturated rings. The average Bonchev–Trinajstić information content (AvgIpc) is 0.722. The monoisotopic (exact) mass is 176 g/mol. The van der Waals surface area contributed by atoms with Gasteiger partial charge in [0, 0.05) is 0 Å². The number of hydrogen-bond donors (Lipinski definition) is 2. The van der Waals surface area contributed by atoms with E-state index in [1.54, 1.807) is 0 Å². The quantitative estimate of drug-likeness (QED) is 0.336. The van der Waals surface area contributed by atoms with Crippen LogP contribution in [-0.4, -0.2) is 35.5 Å². The van der Waals surface area contributed by atoms with Crippen LogP contribution in [-0.2, 0) is 10.4 Å². The molecule has 1 unspecified atom stereocenters. The first kappa shape index (κ1) is 9.66. The van der Waals surface area contributed by atoms with Gasteiger partial charge < -0.3 is 0 Å². The van der Waals surface area contributed by atoms with E-state index in [-0.39, 0.29) is 18.0 Å². The second-order valence-corrected chi connectivity index (χ2v) is 1.34. The Morgan fingerprint density at radius 3 is 1.17 bits per heavy atom. The molecule has 0 bridgehead atoms. The third kappa shape index (κ3) is 284. The molecule has 0 aromatic rings. The molecule has 2 N–H and O–H groups in total. The zero-order valence-electron chi connectivity index (χ0n) is 2.83. The summed E-state index contributed by atoms with van der Waals surface area (Å²) in [6.45, 7) is 0. The summed E-state index contributed by atoms with van der Waals surface area (Å²) < 4.78 is 31.6. The van der Waals surface area contributed by atoms with E-state index in [0.29, 0.717) is 0 Å².